The summed E-state index contributed by atoms with van der Waals surface area (Å²) >= 11 is 16.8. The van der Waals surface area contributed by atoms with Crippen molar-refractivity contribution < 1.29 is 4.52 Å². The van der Waals surface area contributed by atoms with Gasteiger partial charge in [0, 0.05) is 10.0 Å². The molecule has 0 aliphatic carbocycles. The Kier molecular flexibility index (Phi) is 3.77. The summed E-state index contributed by atoms with van der Waals surface area (Å²) in [6.45, 7) is 0. The van der Waals surface area contributed by atoms with Crippen molar-refractivity contribution in [2.45, 2.75) is 0 Å². The molecule has 0 bridgehead atoms. The van der Waals surface area contributed by atoms with Gasteiger partial charge in [0.1, 0.15) is 10.0 Å². The quantitative estimate of drug-likeness (QED) is 0.609. The monoisotopic (exact) mass is 388 g/mol. The molecule has 2 N–H and O–H groups in total. The van der Waals surface area contributed by atoms with Gasteiger partial charge in [-0.05, 0) is 23.8 Å². The summed E-state index contributed by atoms with van der Waals surface area (Å²) in [5.74, 6) is 0.251. The van der Waals surface area contributed by atoms with E-state index < -0.39 is 0 Å². The van der Waals surface area contributed by atoms with Crippen LogP contribution in [-0.4, -0.2) is 5.16 Å². The zero-order valence-electron chi connectivity index (χ0n) is 9.86. The van der Waals surface area contributed by atoms with Crippen molar-refractivity contribution in [3.8, 4) is 22.4 Å². The van der Waals surface area contributed by atoms with Crippen molar-refractivity contribution in [3.63, 3.8) is 0 Å². The van der Waals surface area contributed by atoms with Crippen LogP contribution in [-0.2, 0) is 0 Å². The van der Waals surface area contributed by atoms with E-state index in [2.05, 4.69) is 21.1 Å². The van der Waals surface area contributed by atoms with E-state index in [9.17, 15) is 0 Å². The molecule has 20 heavy (non-hydrogen) atoms. The van der Waals surface area contributed by atoms with Crippen LogP contribution in [0.5, 0.6) is 0 Å². The van der Waals surface area contributed by atoms with Crippen LogP contribution in [0, 0.1) is 0 Å². The number of thiophene rings is 1. The molecule has 3 rings (SSSR count). The molecular weight excluding hydrogens is 383 g/mol. The van der Waals surface area contributed by atoms with Crippen LogP contribution >= 0.6 is 50.5 Å². The lowest BCUT2D eigenvalue weighted by atomic mass is 10.0. The van der Waals surface area contributed by atoms with E-state index in [4.69, 9.17) is 33.5 Å². The highest BCUT2D eigenvalue weighted by molar-refractivity contribution is 9.10. The lowest BCUT2D eigenvalue weighted by Crippen LogP contribution is -1.87. The summed E-state index contributed by atoms with van der Waals surface area (Å²) in [5.41, 5.74) is 8.83. The lowest BCUT2D eigenvalue weighted by molar-refractivity contribution is 0.439. The van der Waals surface area contributed by atoms with Gasteiger partial charge in [0.2, 0.25) is 5.88 Å². The molecule has 0 aliphatic heterocycles. The summed E-state index contributed by atoms with van der Waals surface area (Å²) in [5, 5.41) is 4.01. The molecule has 7 heteroatoms. The fourth-order valence-corrected chi connectivity index (χ4v) is 3.61. The third kappa shape index (κ3) is 2.46. The van der Waals surface area contributed by atoms with Crippen molar-refractivity contribution in [2.75, 3.05) is 5.73 Å². The Bertz CT molecular complexity index is 767. The van der Waals surface area contributed by atoms with Gasteiger partial charge in [-0.25, -0.2) is 0 Å². The van der Waals surface area contributed by atoms with Crippen LogP contribution in [0.15, 0.2) is 39.3 Å². The second-order valence-electron chi connectivity index (χ2n) is 4.02. The van der Waals surface area contributed by atoms with E-state index in [0.717, 1.165) is 15.6 Å². The van der Waals surface area contributed by atoms with Gasteiger partial charge in [0.05, 0.1) is 9.90 Å². The molecule has 3 nitrogen and oxygen atoms in total. The van der Waals surface area contributed by atoms with E-state index in [1.807, 2.05) is 24.3 Å². The second kappa shape index (κ2) is 5.41. The maximum absolute atomic E-state index is 6.18. The van der Waals surface area contributed by atoms with Gasteiger partial charge >= 0.3 is 0 Å². The van der Waals surface area contributed by atoms with Crippen molar-refractivity contribution in [1.82, 2.24) is 5.16 Å². The molecule has 2 aromatic heterocycles. The van der Waals surface area contributed by atoms with Crippen LogP contribution in [0.1, 0.15) is 0 Å². The molecule has 0 saturated heterocycles. The first-order valence-electron chi connectivity index (χ1n) is 5.52. The first-order valence-corrected chi connectivity index (χ1v) is 7.89. The Balaban J connectivity index is 2.19. The van der Waals surface area contributed by atoms with Crippen LogP contribution in [0.4, 0.5) is 5.88 Å². The van der Waals surface area contributed by atoms with E-state index in [1.165, 1.54) is 11.3 Å². The Hall–Kier alpha value is -1.01. The number of hydrogen-bond donors (Lipinski definition) is 1. The van der Waals surface area contributed by atoms with E-state index in [0.29, 0.717) is 19.9 Å². The number of anilines is 1. The normalized spacial score (nSPS) is 10.9. The van der Waals surface area contributed by atoms with Crippen LogP contribution in [0.3, 0.4) is 0 Å². The smallest absolute Gasteiger partial charge is 0.230 e. The van der Waals surface area contributed by atoms with Crippen molar-refractivity contribution in [2.24, 2.45) is 0 Å². The van der Waals surface area contributed by atoms with Crippen LogP contribution in [0.2, 0.25) is 8.67 Å². The Morgan fingerprint density at radius 3 is 2.50 bits per heavy atom. The molecule has 3 aromatic rings. The fraction of sp³-hybridized carbons (Fsp3) is 0. The van der Waals surface area contributed by atoms with E-state index in [-0.39, 0.29) is 5.88 Å². The minimum atomic E-state index is 0.251. The average molecular weight is 390 g/mol. The number of nitrogens with zero attached hydrogens (tertiary/aromatic N) is 1. The minimum Gasteiger partial charge on any atom is -0.367 e. The van der Waals surface area contributed by atoms with Gasteiger partial charge in [0.25, 0.3) is 0 Å². The van der Waals surface area contributed by atoms with Crippen molar-refractivity contribution in [3.05, 3.63) is 43.5 Å². The van der Waals surface area contributed by atoms with Crippen LogP contribution < -0.4 is 5.73 Å². The number of hydrogen-bond acceptors (Lipinski definition) is 4. The maximum Gasteiger partial charge on any atom is 0.230 e. The lowest BCUT2D eigenvalue weighted by Gasteiger charge is -2.02. The third-order valence-electron chi connectivity index (χ3n) is 2.76. The summed E-state index contributed by atoms with van der Waals surface area (Å²) in [6.07, 6.45) is 0. The minimum absolute atomic E-state index is 0.251. The second-order valence-corrected chi connectivity index (χ2v) is 7.22. The fourth-order valence-electron chi connectivity index (χ4n) is 1.88. The molecule has 102 valence electrons. The van der Waals surface area contributed by atoms with Gasteiger partial charge in [-0.2, -0.15) is 0 Å². The Morgan fingerprint density at radius 1 is 1.20 bits per heavy atom. The maximum atomic E-state index is 6.18. The molecule has 0 atom stereocenters. The zero-order chi connectivity index (χ0) is 14.3. The Morgan fingerprint density at radius 2 is 1.90 bits per heavy atom. The highest BCUT2D eigenvalue weighted by Gasteiger charge is 2.21. The molecule has 0 amide bonds. The van der Waals surface area contributed by atoms with Gasteiger partial charge in [-0.1, -0.05) is 56.4 Å². The van der Waals surface area contributed by atoms with Crippen LogP contribution in [0.25, 0.3) is 22.4 Å². The number of benzene rings is 1. The number of nitrogen functional groups attached to an aromatic ring is 1. The predicted molar refractivity (Wildman–Crippen MR) is 87.4 cm³/mol. The highest BCUT2D eigenvalue weighted by atomic mass is 79.9. The first-order chi connectivity index (χ1) is 9.56. The summed E-state index contributed by atoms with van der Waals surface area (Å²) in [4.78, 5) is 0. The molecule has 1 aromatic carbocycles. The van der Waals surface area contributed by atoms with E-state index >= 15 is 0 Å². The largest absolute Gasteiger partial charge is 0.367 e. The molecule has 2 heterocycles. The summed E-state index contributed by atoms with van der Waals surface area (Å²) in [6, 6.07) is 9.46. The predicted octanol–water partition coefficient (Wildman–Crippen LogP) is 5.72. The molecule has 0 saturated carbocycles. The zero-order valence-corrected chi connectivity index (χ0v) is 13.8. The number of rotatable bonds is 2. The molecule has 0 spiro atoms. The van der Waals surface area contributed by atoms with Crippen molar-refractivity contribution in [1.29, 1.82) is 0 Å². The third-order valence-corrected chi connectivity index (χ3v) is 4.78. The standard InChI is InChI=1S/C13H7BrCl2N2OS/c14-7-3-1-6(2-4-7)10-11(18-19-13(10)17)8-5-9(15)20-12(8)16/h1-5H,17H2. The summed E-state index contributed by atoms with van der Waals surface area (Å²) < 4.78 is 7.25. The topological polar surface area (TPSA) is 52.0 Å². The molecule has 0 aliphatic rings. The SMILES string of the molecule is Nc1onc(-c2cc(Cl)sc2Cl)c1-c1ccc(Br)cc1. The number of nitrogens with two attached hydrogens (primary N) is 1. The van der Waals surface area contributed by atoms with Crippen molar-refractivity contribution >= 4 is 56.4 Å². The Labute approximate surface area is 137 Å². The van der Waals surface area contributed by atoms with Gasteiger partial charge in [-0.15, -0.1) is 11.3 Å². The van der Waals surface area contributed by atoms with Gasteiger partial charge in [0.15, 0.2) is 0 Å². The number of aromatic nitrogens is 1. The molecule has 0 radical (unpaired) electrons. The highest BCUT2D eigenvalue weighted by Crippen LogP contribution is 2.43. The van der Waals surface area contributed by atoms with Gasteiger partial charge < -0.3 is 10.3 Å². The first kappa shape index (κ1) is 13.9. The molecular formula is C13H7BrCl2N2OS. The number of halogens is 3. The van der Waals surface area contributed by atoms with Gasteiger partial charge in [-0.3, -0.25) is 0 Å². The summed E-state index contributed by atoms with van der Waals surface area (Å²) in [7, 11) is 0. The molecule has 0 fully saturated rings. The average Bonchev–Trinajstić information content (AvgIpc) is 2.93. The molecule has 0 unspecified atom stereocenters. The van der Waals surface area contributed by atoms with E-state index in [1.54, 1.807) is 6.07 Å².